The first-order valence-corrected chi connectivity index (χ1v) is 5.27. The van der Waals surface area contributed by atoms with Crippen molar-refractivity contribution in [2.75, 3.05) is 0 Å². The van der Waals surface area contributed by atoms with E-state index in [4.69, 9.17) is 0 Å². The first-order valence-electron chi connectivity index (χ1n) is 5.27. The first-order chi connectivity index (χ1) is 7.79. The van der Waals surface area contributed by atoms with Gasteiger partial charge in [0.15, 0.2) is 0 Å². The fraction of sp³-hybridized carbons (Fsp3) is 0.143. The second-order valence-corrected chi connectivity index (χ2v) is 3.72. The normalized spacial score (nSPS) is 12.1. The molecule has 2 aromatic rings. The topological polar surface area (TPSA) is 25.8 Å². The van der Waals surface area contributed by atoms with E-state index in [1.807, 2.05) is 49.1 Å². The molecule has 0 atom stereocenters. The second-order valence-electron chi connectivity index (χ2n) is 3.72. The van der Waals surface area contributed by atoms with Crippen LogP contribution in [0, 0.1) is 0 Å². The van der Waals surface area contributed by atoms with E-state index in [0.29, 0.717) is 0 Å². The summed E-state index contributed by atoms with van der Waals surface area (Å²) in [6.45, 7) is 4.26. The van der Waals surface area contributed by atoms with Crippen molar-refractivity contribution in [3.8, 4) is 0 Å². The van der Waals surface area contributed by atoms with Crippen LogP contribution in [0.1, 0.15) is 25.0 Å². The standard InChI is InChI=1S/C14H14N2/c1-11(13-3-7-15-8-4-13)12(2)14-5-9-16-10-6-14/h3-10H,1-2H3. The molecule has 0 unspecified atom stereocenters. The Morgan fingerprint density at radius 3 is 1.31 bits per heavy atom. The van der Waals surface area contributed by atoms with E-state index in [9.17, 15) is 0 Å². The molecule has 2 rings (SSSR count). The third-order valence-corrected chi connectivity index (χ3v) is 2.79. The van der Waals surface area contributed by atoms with Gasteiger partial charge in [-0.2, -0.15) is 0 Å². The highest BCUT2D eigenvalue weighted by Crippen LogP contribution is 2.24. The lowest BCUT2D eigenvalue weighted by atomic mass is 9.99. The quantitative estimate of drug-likeness (QED) is 0.759. The molecule has 0 saturated carbocycles. The van der Waals surface area contributed by atoms with E-state index in [-0.39, 0.29) is 0 Å². The third kappa shape index (κ3) is 2.16. The Bertz CT molecular complexity index is 439. The van der Waals surface area contributed by atoms with Gasteiger partial charge in [0.1, 0.15) is 0 Å². The average Bonchev–Trinajstić information content (AvgIpc) is 2.39. The predicted molar refractivity (Wildman–Crippen MR) is 66.6 cm³/mol. The smallest absolute Gasteiger partial charge is 0.0273 e. The zero-order valence-electron chi connectivity index (χ0n) is 9.51. The number of aromatic nitrogens is 2. The number of pyridine rings is 2. The van der Waals surface area contributed by atoms with Crippen LogP contribution in [-0.2, 0) is 0 Å². The van der Waals surface area contributed by atoms with Crippen molar-refractivity contribution in [2.45, 2.75) is 13.8 Å². The van der Waals surface area contributed by atoms with E-state index in [0.717, 1.165) is 0 Å². The van der Waals surface area contributed by atoms with Gasteiger partial charge in [-0.1, -0.05) is 0 Å². The lowest BCUT2D eigenvalue weighted by Gasteiger charge is -2.07. The van der Waals surface area contributed by atoms with Crippen molar-refractivity contribution in [3.05, 3.63) is 60.2 Å². The van der Waals surface area contributed by atoms with Crippen LogP contribution >= 0.6 is 0 Å². The first kappa shape index (κ1) is 10.6. The minimum absolute atomic E-state index is 1.21. The molecule has 80 valence electrons. The summed E-state index contributed by atoms with van der Waals surface area (Å²) in [5.41, 5.74) is 4.97. The molecule has 16 heavy (non-hydrogen) atoms. The van der Waals surface area contributed by atoms with Crippen LogP contribution in [0.5, 0.6) is 0 Å². The van der Waals surface area contributed by atoms with Crippen LogP contribution in [0.2, 0.25) is 0 Å². The van der Waals surface area contributed by atoms with Gasteiger partial charge in [-0.25, -0.2) is 0 Å². The fourth-order valence-corrected chi connectivity index (χ4v) is 1.64. The van der Waals surface area contributed by atoms with Gasteiger partial charge in [0.25, 0.3) is 0 Å². The van der Waals surface area contributed by atoms with Crippen LogP contribution in [-0.4, -0.2) is 9.97 Å². The minimum atomic E-state index is 1.21. The largest absolute Gasteiger partial charge is 0.265 e. The van der Waals surface area contributed by atoms with Crippen LogP contribution < -0.4 is 0 Å². The average molecular weight is 210 g/mol. The molecular weight excluding hydrogens is 196 g/mol. The van der Waals surface area contributed by atoms with E-state index in [1.165, 1.54) is 22.3 Å². The molecule has 0 fully saturated rings. The van der Waals surface area contributed by atoms with E-state index in [2.05, 4.69) is 23.8 Å². The van der Waals surface area contributed by atoms with Gasteiger partial charge in [-0.3, -0.25) is 9.97 Å². The molecule has 0 aliphatic rings. The van der Waals surface area contributed by atoms with E-state index in [1.54, 1.807) is 0 Å². The fourth-order valence-electron chi connectivity index (χ4n) is 1.64. The van der Waals surface area contributed by atoms with Gasteiger partial charge in [0.2, 0.25) is 0 Å². The summed E-state index contributed by atoms with van der Waals surface area (Å²) < 4.78 is 0. The van der Waals surface area contributed by atoms with Crippen molar-refractivity contribution in [3.63, 3.8) is 0 Å². The Morgan fingerprint density at radius 1 is 0.688 bits per heavy atom. The summed E-state index contributed by atoms with van der Waals surface area (Å²) in [6, 6.07) is 8.11. The molecule has 0 amide bonds. The highest BCUT2D eigenvalue weighted by Gasteiger charge is 2.02. The summed E-state index contributed by atoms with van der Waals surface area (Å²) >= 11 is 0. The maximum atomic E-state index is 4.03. The van der Waals surface area contributed by atoms with Crippen molar-refractivity contribution in [1.29, 1.82) is 0 Å². The zero-order valence-corrected chi connectivity index (χ0v) is 9.51. The van der Waals surface area contributed by atoms with Crippen LogP contribution in [0.25, 0.3) is 11.1 Å². The molecule has 2 heterocycles. The molecule has 0 bridgehead atoms. The predicted octanol–water partition coefficient (Wildman–Crippen LogP) is 3.43. The molecule has 2 heteroatoms. The minimum Gasteiger partial charge on any atom is -0.265 e. The van der Waals surface area contributed by atoms with Crippen LogP contribution in [0.15, 0.2) is 49.1 Å². The van der Waals surface area contributed by atoms with Gasteiger partial charge < -0.3 is 0 Å². The lowest BCUT2D eigenvalue weighted by molar-refractivity contribution is 1.30. The maximum Gasteiger partial charge on any atom is 0.0273 e. The molecule has 0 aliphatic heterocycles. The lowest BCUT2D eigenvalue weighted by Crippen LogP contribution is -1.86. The Morgan fingerprint density at radius 2 is 1.00 bits per heavy atom. The van der Waals surface area contributed by atoms with Crippen molar-refractivity contribution < 1.29 is 0 Å². The van der Waals surface area contributed by atoms with Gasteiger partial charge >= 0.3 is 0 Å². The molecule has 0 radical (unpaired) electrons. The van der Waals surface area contributed by atoms with Crippen molar-refractivity contribution in [2.24, 2.45) is 0 Å². The van der Waals surface area contributed by atoms with Crippen LogP contribution in [0.3, 0.4) is 0 Å². The molecular formula is C14H14N2. The Labute approximate surface area is 95.7 Å². The van der Waals surface area contributed by atoms with Crippen LogP contribution in [0.4, 0.5) is 0 Å². The number of nitrogens with zero attached hydrogens (tertiary/aromatic N) is 2. The second kappa shape index (κ2) is 4.71. The summed E-state index contributed by atoms with van der Waals surface area (Å²) in [5.74, 6) is 0. The molecule has 2 aromatic heterocycles. The molecule has 0 N–H and O–H groups in total. The van der Waals surface area contributed by atoms with E-state index < -0.39 is 0 Å². The molecule has 0 spiro atoms. The SMILES string of the molecule is CC(=C(C)c1ccncc1)c1ccncc1. The van der Waals surface area contributed by atoms with Gasteiger partial charge in [0.05, 0.1) is 0 Å². The Kier molecular flexibility index (Phi) is 3.10. The number of allylic oxidation sites excluding steroid dienone is 2. The zero-order chi connectivity index (χ0) is 11.4. The Balaban J connectivity index is 2.43. The molecule has 0 saturated heterocycles. The van der Waals surface area contributed by atoms with E-state index >= 15 is 0 Å². The highest BCUT2D eigenvalue weighted by atomic mass is 14.6. The summed E-state index contributed by atoms with van der Waals surface area (Å²) in [4.78, 5) is 8.05. The summed E-state index contributed by atoms with van der Waals surface area (Å²) in [6.07, 6.45) is 7.27. The highest BCUT2D eigenvalue weighted by molar-refractivity contribution is 5.88. The monoisotopic (exact) mass is 210 g/mol. The van der Waals surface area contributed by atoms with Gasteiger partial charge in [-0.15, -0.1) is 0 Å². The summed E-state index contributed by atoms with van der Waals surface area (Å²) in [7, 11) is 0. The molecule has 0 aliphatic carbocycles. The number of hydrogen-bond donors (Lipinski definition) is 0. The maximum absolute atomic E-state index is 4.03. The molecule has 0 aromatic carbocycles. The number of rotatable bonds is 2. The molecule has 2 nitrogen and oxygen atoms in total. The number of hydrogen-bond acceptors (Lipinski definition) is 2. The van der Waals surface area contributed by atoms with Gasteiger partial charge in [-0.05, 0) is 60.4 Å². The Hall–Kier alpha value is -1.96. The van der Waals surface area contributed by atoms with Gasteiger partial charge in [0, 0.05) is 24.8 Å². The third-order valence-electron chi connectivity index (χ3n) is 2.79. The van der Waals surface area contributed by atoms with Crippen molar-refractivity contribution >= 4 is 11.1 Å². The summed E-state index contributed by atoms with van der Waals surface area (Å²) in [5, 5.41) is 0. The van der Waals surface area contributed by atoms with Crippen molar-refractivity contribution in [1.82, 2.24) is 9.97 Å².